The van der Waals surface area contributed by atoms with E-state index >= 15 is 0 Å². The van der Waals surface area contributed by atoms with Gasteiger partial charge in [-0.15, -0.1) is 0 Å². The normalized spacial score (nSPS) is 15.8. The van der Waals surface area contributed by atoms with Gasteiger partial charge in [-0.2, -0.15) is 78.7 Å². The molecule has 0 heterocycles. The molecule has 216 valence electrons. The minimum atomic E-state index is -8.91. The fraction of sp³-hybridized carbons (Fsp3) is 0.571. The summed E-state index contributed by atoms with van der Waals surface area (Å²) < 4.78 is 271. The Morgan fingerprint density at radius 1 is 0.595 bits per heavy atom. The minimum Gasteiger partial charge on any atom is -0.281 e. The van der Waals surface area contributed by atoms with Crippen LogP contribution in [0, 0.1) is 11.6 Å². The number of alkyl halides is 16. The summed E-state index contributed by atoms with van der Waals surface area (Å²) in [4.78, 5) is -1.96. The number of thioether (sulfide) groups is 1. The van der Waals surface area contributed by atoms with Crippen LogP contribution in [0.3, 0.4) is 0 Å². The summed E-state index contributed by atoms with van der Waals surface area (Å²) in [5, 5.41) is -14.8. The monoisotopic (exact) mass is 626 g/mol. The zero-order valence-electron chi connectivity index (χ0n) is 16.1. The summed E-state index contributed by atoms with van der Waals surface area (Å²) in [7, 11) is -7.94. The van der Waals surface area contributed by atoms with E-state index in [1.165, 1.54) is 0 Å². The Morgan fingerprint density at radius 3 is 1.30 bits per heavy atom. The molecule has 3 nitrogen and oxygen atoms in total. The molecule has 0 unspecified atom stereocenters. The van der Waals surface area contributed by atoms with Crippen LogP contribution in [0.2, 0.25) is 0 Å². The standard InChI is InChI=1S/C14H4F18O3S2/c15-4-1-2-6(5(16)3-4)36-13(29,30)11(25,26)9(21,22)7(17,18)8(19,20)10(23,24)12(27,28)14(31,32)37(33,34)35/h1-3H,(H,33,34,35). The van der Waals surface area contributed by atoms with Crippen molar-refractivity contribution >= 4 is 21.9 Å². The van der Waals surface area contributed by atoms with Crippen molar-refractivity contribution in [3.8, 4) is 0 Å². The number of benzene rings is 1. The average molecular weight is 626 g/mol. The van der Waals surface area contributed by atoms with E-state index in [1.807, 2.05) is 0 Å². The van der Waals surface area contributed by atoms with Crippen molar-refractivity contribution in [3.05, 3.63) is 29.8 Å². The molecule has 0 amide bonds. The lowest BCUT2D eigenvalue weighted by molar-refractivity contribution is -0.443. The molecule has 0 bridgehead atoms. The molecule has 0 saturated heterocycles. The van der Waals surface area contributed by atoms with Crippen molar-refractivity contribution in [2.45, 2.75) is 50.9 Å². The highest BCUT2D eigenvalue weighted by Crippen LogP contribution is 2.65. The van der Waals surface area contributed by atoms with E-state index in [9.17, 15) is 87.4 Å². The summed E-state index contributed by atoms with van der Waals surface area (Å²) in [6.07, 6.45) is 0. The van der Waals surface area contributed by atoms with Gasteiger partial charge in [0.05, 0.1) is 0 Å². The summed E-state index contributed by atoms with van der Waals surface area (Å²) in [6, 6.07) is -0.565. The fourth-order valence-corrected chi connectivity index (χ4v) is 3.35. The van der Waals surface area contributed by atoms with E-state index in [0.29, 0.717) is 0 Å². The Bertz CT molecular complexity index is 1130. The lowest BCUT2D eigenvalue weighted by Crippen LogP contribution is -2.75. The van der Waals surface area contributed by atoms with Gasteiger partial charge in [0.15, 0.2) is 0 Å². The van der Waals surface area contributed by atoms with Crippen molar-refractivity contribution in [1.82, 2.24) is 0 Å². The predicted octanol–water partition coefficient (Wildman–Crippen LogP) is 6.94. The Kier molecular flexibility index (Phi) is 7.98. The molecule has 0 spiro atoms. The number of hydrogen-bond donors (Lipinski definition) is 1. The second-order valence-corrected chi connectivity index (χ2v) is 9.25. The van der Waals surface area contributed by atoms with Crippen LogP contribution in [-0.2, 0) is 10.1 Å². The molecule has 0 aliphatic heterocycles. The Labute approximate surface area is 195 Å². The maximum absolute atomic E-state index is 13.8. The van der Waals surface area contributed by atoms with E-state index in [2.05, 4.69) is 0 Å². The highest BCUT2D eigenvalue weighted by Gasteiger charge is 2.96. The van der Waals surface area contributed by atoms with E-state index in [0.717, 1.165) is 0 Å². The van der Waals surface area contributed by atoms with Gasteiger partial charge in [0.2, 0.25) is 0 Å². The second kappa shape index (κ2) is 8.88. The maximum Gasteiger partial charge on any atom is 0.438 e. The van der Waals surface area contributed by atoms with Gasteiger partial charge in [0, 0.05) is 11.0 Å². The molecule has 0 aromatic heterocycles. The van der Waals surface area contributed by atoms with Gasteiger partial charge in [0.1, 0.15) is 11.6 Å². The largest absolute Gasteiger partial charge is 0.438 e. The van der Waals surface area contributed by atoms with Crippen molar-refractivity contribution < 1.29 is 92.0 Å². The molecular formula is C14H4F18O3S2. The van der Waals surface area contributed by atoms with Crippen molar-refractivity contribution in [3.63, 3.8) is 0 Å². The predicted molar refractivity (Wildman–Crippen MR) is 83.3 cm³/mol. The van der Waals surface area contributed by atoms with Crippen LogP contribution >= 0.6 is 11.8 Å². The molecule has 1 rings (SSSR count). The second-order valence-electron chi connectivity index (χ2n) is 6.63. The summed E-state index contributed by atoms with van der Waals surface area (Å²) >= 11 is -2.19. The molecule has 23 heteroatoms. The smallest absolute Gasteiger partial charge is 0.281 e. The van der Waals surface area contributed by atoms with Crippen molar-refractivity contribution in [1.29, 1.82) is 0 Å². The highest BCUT2D eigenvalue weighted by atomic mass is 32.2. The van der Waals surface area contributed by atoms with Crippen LogP contribution in [0.25, 0.3) is 0 Å². The third-order valence-electron chi connectivity index (χ3n) is 4.16. The Balaban J connectivity index is 3.71. The molecule has 0 fully saturated rings. The van der Waals surface area contributed by atoms with Gasteiger partial charge in [-0.1, -0.05) is 0 Å². The first-order chi connectivity index (χ1) is 15.9. The fourth-order valence-electron chi connectivity index (χ4n) is 2.08. The van der Waals surface area contributed by atoms with Crippen molar-refractivity contribution in [2.24, 2.45) is 0 Å². The van der Waals surface area contributed by atoms with Crippen LogP contribution in [0.4, 0.5) is 79.0 Å². The zero-order chi connectivity index (χ0) is 30.1. The number of halogens is 18. The average Bonchev–Trinajstić information content (AvgIpc) is 2.68. The van der Waals surface area contributed by atoms with Crippen LogP contribution < -0.4 is 0 Å². The van der Waals surface area contributed by atoms with Gasteiger partial charge in [-0.3, -0.25) is 4.55 Å². The summed E-state index contributed by atoms with van der Waals surface area (Å²) in [5.41, 5.74) is 0. The molecule has 0 radical (unpaired) electrons. The molecule has 0 atom stereocenters. The van der Waals surface area contributed by atoms with E-state index in [-0.39, 0.29) is 18.2 Å². The maximum atomic E-state index is 13.8. The number of rotatable bonds is 10. The SMILES string of the molecule is O=S(=O)(O)C(F)(F)C(F)(F)C(F)(F)C(F)(F)C(F)(F)C(F)(F)C(F)(F)C(F)(F)Sc1ccc(F)cc1F. The summed E-state index contributed by atoms with van der Waals surface area (Å²) in [6.45, 7) is 0. The van der Waals surface area contributed by atoms with E-state index < -0.39 is 84.5 Å². The zero-order valence-corrected chi connectivity index (χ0v) is 17.7. The molecule has 1 aromatic carbocycles. The lowest BCUT2D eigenvalue weighted by atomic mass is 9.91. The first-order valence-electron chi connectivity index (χ1n) is 8.02. The first-order valence-corrected chi connectivity index (χ1v) is 10.3. The van der Waals surface area contributed by atoms with Gasteiger partial charge in [-0.25, -0.2) is 8.78 Å². The van der Waals surface area contributed by atoms with E-state index in [4.69, 9.17) is 4.55 Å². The molecule has 0 saturated carbocycles. The van der Waals surface area contributed by atoms with Crippen molar-refractivity contribution in [2.75, 3.05) is 0 Å². The molecule has 0 aliphatic carbocycles. The third kappa shape index (κ3) is 4.56. The van der Waals surface area contributed by atoms with Gasteiger partial charge >= 0.3 is 56.2 Å². The number of hydrogen-bond acceptors (Lipinski definition) is 3. The Morgan fingerprint density at radius 2 is 0.946 bits per heavy atom. The minimum absolute atomic E-state index is 0.00143. The molecule has 37 heavy (non-hydrogen) atoms. The Hall–Kier alpha value is -1.78. The summed E-state index contributed by atoms with van der Waals surface area (Å²) in [5.74, 6) is -55.6. The quantitative estimate of drug-likeness (QED) is 0.174. The molecule has 1 aromatic rings. The van der Waals surface area contributed by atoms with Crippen LogP contribution in [0.5, 0.6) is 0 Å². The first kappa shape index (κ1) is 33.2. The van der Waals surface area contributed by atoms with Crippen LogP contribution in [0.1, 0.15) is 0 Å². The molecular weight excluding hydrogens is 622 g/mol. The van der Waals surface area contributed by atoms with Crippen LogP contribution in [0.15, 0.2) is 23.1 Å². The van der Waals surface area contributed by atoms with Gasteiger partial charge in [0.25, 0.3) is 0 Å². The molecule has 0 aliphatic rings. The van der Waals surface area contributed by atoms with Gasteiger partial charge < -0.3 is 0 Å². The van der Waals surface area contributed by atoms with Gasteiger partial charge in [-0.05, 0) is 23.9 Å². The van der Waals surface area contributed by atoms with E-state index in [1.54, 1.807) is 0 Å². The lowest BCUT2D eigenvalue weighted by Gasteiger charge is -2.43. The third-order valence-corrected chi connectivity index (χ3v) is 6.13. The molecule has 1 N–H and O–H groups in total. The topological polar surface area (TPSA) is 54.4 Å². The highest BCUT2D eigenvalue weighted by molar-refractivity contribution is 8.00. The van der Waals surface area contributed by atoms with Crippen LogP contribution in [-0.4, -0.2) is 59.0 Å².